The molecule has 1 aromatic carbocycles. The summed E-state index contributed by atoms with van der Waals surface area (Å²) in [5, 5.41) is 0.482. The Labute approximate surface area is 111 Å². The summed E-state index contributed by atoms with van der Waals surface area (Å²) in [6, 6.07) is 6.13. The highest BCUT2D eigenvalue weighted by atomic mass is 32.2. The summed E-state index contributed by atoms with van der Waals surface area (Å²) >= 11 is 1.90. The van der Waals surface area contributed by atoms with Gasteiger partial charge in [0.2, 0.25) is 6.08 Å². The summed E-state index contributed by atoms with van der Waals surface area (Å²) < 4.78 is -0.00435. The third-order valence-corrected chi connectivity index (χ3v) is 5.01. The molecule has 1 aliphatic carbocycles. The molecular weight excluding hydrogens is 242 g/mol. The van der Waals surface area contributed by atoms with Gasteiger partial charge in [-0.15, -0.1) is 11.8 Å². The van der Waals surface area contributed by atoms with E-state index in [1.807, 2.05) is 23.9 Å². The standard InChI is InChI=1S/C15H13NOS/c1-2-11-6-7-13(16-10-17)12(9-11)15-8-4-3-5-14(15)18-15/h3-9,14H,2H2,1H3. The van der Waals surface area contributed by atoms with Crippen molar-refractivity contribution in [1.29, 1.82) is 0 Å². The number of isocyanates is 1. The predicted molar refractivity (Wildman–Crippen MR) is 74.9 cm³/mol. The highest BCUT2D eigenvalue weighted by Gasteiger charge is 2.55. The first-order valence-corrected chi connectivity index (χ1v) is 6.93. The van der Waals surface area contributed by atoms with Gasteiger partial charge in [0, 0.05) is 10.8 Å². The molecule has 3 rings (SSSR count). The molecule has 1 heterocycles. The Bertz CT molecular complexity index is 599. The number of benzene rings is 1. The van der Waals surface area contributed by atoms with E-state index in [4.69, 9.17) is 0 Å². The Morgan fingerprint density at radius 2 is 2.33 bits per heavy atom. The highest BCUT2D eigenvalue weighted by molar-refractivity contribution is 8.08. The molecule has 3 heteroatoms. The maximum absolute atomic E-state index is 10.6. The van der Waals surface area contributed by atoms with E-state index in [2.05, 4.69) is 42.3 Å². The van der Waals surface area contributed by atoms with Crippen LogP contribution in [0, 0.1) is 0 Å². The smallest absolute Gasteiger partial charge is 0.211 e. The van der Waals surface area contributed by atoms with Gasteiger partial charge in [-0.1, -0.05) is 43.4 Å². The van der Waals surface area contributed by atoms with Crippen LogP contribution in [0.3, 0.4) is 0 Å². The zero-order valence-electron chi connectivity index (χ0n) is 10.1. The van der Waals surface area contributed by atoms with Crippen molar-refractivity contribution in [3.63, 3.8) is 0 Å². The Hall–Kier alpha value is -1.57. The molecule has 0 saturated carbocycles. The number of aryl methyl sites for hydroxylation is 1. The van der Waals surface area contributed by atoms with Crippen LogP contribution in [0.2, 0.25) is 0 Å². The lowest BCUT2D eigenvalue weighted by Crippen LogP contribution is -2.10. The van der Waals surface area contributed by atoms with Crippen molar-refractivity contribution in [3.8, 4) is 0 Å². The summed E-state index contributed by atoms with van der Waals surface area (Å²) in [7, 11) is 0. The molecule has 2 unspecified atom stereocenters. The molecule has 2 atom stereocenters. The van der Waals surface area contributed by atoms with Crippen LogP contribution in [-0.2, 0) is 16.0 Å². The molecule has 90 valence electrons. The minimum Gasteiger partial charge on any atom is -0.211 e. The van der Waals surface area contributed by atoms with E-state index >= 15 is 0 Å². The number of fused-ring (bicyclic) bond motifs is 1. The lowest BCUT2D eigenvalue weighted by atomic mass is 9.90. The fourth-order valence-electron chi connectivity index (χ4n) is 2.43. The SMILES string of the molecule is CCc1ccc(N=C=O)c(C23C=CC=CC2S3)c1. The van der Waals surface area contributed by atoms with Crippen molar-refractivity contribution in [2.24, 2.45) is 4.99 Å². The third-order valence-electron chi connectivity index (χ3n) is 3.48. The second-order valence-corrected chi connectivity index (χ2v) is 5.90. The van der Waals surface area contributed by atoms with Crippen LogP contribution in [0.4, 0.5) is 5.69 Å². The Morgan fingerprint density at radius 3 is 3.06 bits per heavy atom. The normalized spacial score (nSPS) is 27.5. The summed E-state index contributed by atoms with van der Waals surface area (Å²) in [5.41, 5.74) is 3.16. The van der Waals surface area contributed by atoms with Crippen molar-refractivity contribution in [1.82, 2.24) is 0 Å². The highest BCUT2D eigenvalue weighted by Crippen LogP contribution is 2.65. The van der Waals surface area contributed by atoms with Crippen LogP contribution in [0.5, 0.6) is 0 Å². The van der Waals surface area contributed by atoms with E-state index in [-0.39, 0.29) is 4.75 Å². The fourth-order valence-corrected chi connectivity index (χ4v) is 3.68. The Kier molecular flexibility index (Phi) is 2.73. The summed E-state index contributed by atoms with van der Waals surface area (Å²) in [6.07, 6.45) is 11.2. The van der Waals surface area contributed by atoms with Crippen LogP contribution in [-0.4, -0.2) is 11.3 Å². The van der Waals surface area contributed by atoms with Gasteiger partial charge in [-0.05, 0) is 18.1 Å². The molecule has 0 aromatic heterocycles. The number of carbonyl (C=O) groups excluding carboxylic acids is 1. The minimum absolute atomic E-state index is 0.00435. The van der Waals surface area contributed by atoms with Gasteiger partial charge in [0.05, 0.1) is 10.4 Å². The summed E-state index contributed by atoms with van der Waals surface area (Å²) in [6.45, 7) is 2.13. The zero-order chi connectivity index (χ0) is 12.6. The molecule has 0 bridgehead atoms. The lowest BCUT2D eigenvalue weighted by molar-refractivity contribution is 0.565. The van der Waals surface area contributed by atoms with Gasteiger partial charge in [-0.25, -0.2) is 4.79 Å². The van der Waals surface area contributed by atoms with E-state index in [9.17, 15) is 4.79 Å². The van der Waals surface area contributed by atoms with Crippen LogP contribution in [0.25, 0.3) is 0 Å². The molecule has 2 nitrogen and oxygen atoms in total. The predicted octanol–water partition coefficient (Wildman–Crippen LogP) is 3.65. The topological polar surface area (TPSA) is 29.4 Å². The van der Waals surface area contributed by atoms with Gasteiger partial charge in [-0.3, -0.25) is 0 Å². The number of rotatable bonds is 3. The number of hydrogen-bond donors (Lipinski definition) is 0. The summed E-state index contributed by atoms with van der Waals surface area (Å²) in [5.74, 6) is 0. The first-order chi connectivity index (χ1) is 8.80. The largest absolute Gasteiger partial charge is 0.240 e. The van der Waals surface area contributed by atoms with Crippen molar-refractivity contribution in [3.05, 3.63) is 53.6 Å². The summed E-state index contributed by atoms with van der Waals surface area (Å²) in [4.78, 5) is 14.4. The fraction of sp³-hybridized carbons (Fsp3) is 0.267. The van der Waals surface area contributed by atoms with Crippen LogP contribution >= 0.6 is 11.8 Å². The molecule has 1 fully saturated rings. The van der Waals surface area contributed by atoms with E-state index in [1.54, 1.807) is 6.08 Å². The molecule has 0 radical (unpaired) electrons. The number of aliphatic imine (C=N–C) groups is 1. The van der Waals surface area contributed by atoms with Crippen molar-refractivity contribution in [2.75, 3.05) is 0 Å². The third kappa shape index (κ3) is 1.67. The average Bonchev–Trinajstić information content (AvgIpc) is 3.15. The van der Waals surface area contributed by atoms with E-state index in [0.29, 0.717) is 5.25 Å². The minimum atomic E-state index is -0.00435. The lowest BCUT2D eigenvalue weighted by Gasteiger charge is -2.15. The van der Waals surface area contributed by atoms with E-state index < -0.39 is 0 Å². The van der Waals surface area contributed by atoms with Gasteiger partial charge in [0.15, 0.2) is 0 Å². The van der Waals surface area contributed by atoms with Gasteiger partial charge < -0.3 is 0 Å². The van der Waals surface area contributed by atoms with Crippen molar-refractivity contribution in [2.45, 2.75) is 23.3 Å². The average molecular weight is 255 g/mol. The van der Waals surface area contributed by atoms with Crippen LogP contribution in [0.15, 0.2) is 47.5 Å². The number of hydrogen-bond acceptors (Lipinski definition) is 3. The molecule has 1 aromatic rings. The molecule has 0 amide bonds. The molecule has 2 aliphatic rings. The van der Waals surface area contributed by atoms with E-state index in [1.165, 1.54) is 5.56 Å². The molecule has 1 saturated heterocycles. The van der Waals surface area contributed by atoms with Crippen molar-refractivity contribution >= 4 is 23.5 Å². The Balaban J connectivity index is 2.13. The van der Waals surface area contributed by atoms with Gasteiger partial charge in [0.25, 0.3) is 0 Å². The number of allylic oxidation sites excluding steroid dienone is 2. The number of thioether (sulfide) groups is 1. The maximum Gasteiger partial charge on any atom is 0.240 e. The van der Waals surface area contributed by atoms with Crippen molar-refractivity contribution < 1.29 is 4.79 Å². The monoisotopic (exact) mass is 255 g/mol. The molecule has 0 N–H and O–H groups in total. The van der Waals surface area contributed by atoms with Gasteiger partial charge in [0.1, 0.15) is 0 Å². The van der Waals surface area contributed by atoms with Gasteiger partial charge in [-0.2, -0.15) is 4.99 Å². The molecule has 18 heavy (non-hydrogen) atoms. The first kappa shape index (κ1) is 11.5. The zero-order valence-corrected chi connectivity index (χ0v) is 10.9. The second-order valence-electron chi connectivity index (χ2n) is 4.48. The van der Waals surface area contributed by atoms with Gasteiger partial charge >= 0.3 is 0 Å². The maximum atomic E-state index is 10.6. The quantitative estimate of drug-likeness (QED) is 0.468. The number of nitrogens with zero attached hydrogens (tertiary/aromatic N) is 1. The second kappa shape index (κ2) is 4.27. The van der Waals surface area contributed by atoms with Crippen LogP contribution < -0.4 is 0 Å². The molecular formula is C15H13NOS. The van der Waals surface area contributed by atoms with Crippen LogP contribution in [0.1, 0.15) is 18.1 Å². The first-order valence-electron chi connectivity index (χ1n) is 6.05. The molecule has 1 aliphatic heterocycles. The Morgan fingerprint density at radius 1 is 1.44 bits per heavy atom. The van der Waals surface area contributed by atoms with E-state index in [0.717, 1.165) is 17.7 Å². The molecule has 0 spiro atoms.